The third-order valence-electron chi connectivity index (χ3n) is 1.66. The number of likely N-dealkylation sites (tertiary alicyclic amines) is 1. The Kier molecular flexibility index (Phi) is 1.88. The summed E-state index contributed by atoms with van der Waals surface area (Å²) in [5, 5.41) is 16.7. The fourth-order valence-electron chi connectivity index (χ4n) is 1.13. The summed E-state index contributed by atoms with van der Waals surface area (Å²) in [6.45, 7) is -0.874. The zero-order chi connectivity index (χ0) is 9.35. The lowest BCUT2D eigenvalue weighted by Gasteiger charge is -2.13. The Morgan fingerprint density at radius 3 is 2.67 bits per heavy atom. The highest BCUT2D eigenvalue weighted by Gasteiger charge is 2.47. The highest BCUT2D eigenvalue weighted by molar-refractivity contribution is 5.66. The van der Waals surface area contributed by atoms with E-state index < -0.39 is 31.0 Å². The van der Waals surface area contributed by atoms with Gasteiger partial charge in [0.25, 0.3) is 5.92 Å². The summed E-state index contributed by atoms with van der Waals surface area (Å²) in [6.07, 6.45) is -2.17. The predicted octanol–water partition coefficient (Wildman–Crippen LogP) is 0.898. The van der Waals surface area contributed by atoms with Crippen molar-refractivity contribution in [3.63, 3.8) is 0 Å². The first-order valence-electron chi connectivity index (χ1n) is 3.23. The second-order valence-electron chi connectivity index (χ2n) is 2.62. The van der Waals surface area contributed by atoms with Gasteiger partial charge in [0.05, 0.1) is 12.6 Å². The number of rotatable bonds is 0. The number of nitriles is 1. The zero-order valence-electron chi connectivity index (χ0n) is 6.00. The smallest absolute Gasteiger partial charge is 0.408 e. The van der Waals surface area contributed by atoms with Crippen molar-refractivity contribution >= 4 is 6.09 Å². The van der Waals surface area contributed by atoms with Crippen LogP contribution in [0.15, 0.2) is 0 Å². The van der Waals surface area contributed by atoms with Crippen LogP contribution in [-0.4, -0.2) is 34.6 Å². The Morgan fingerprint density at radius 2 is 2.33 bits per heavy atom. The lowest BCUT2D eigenvalue weighted by Crippen LogP contribution is -2.34. The summed E-state index contributed by atoms with van der Waals surface area (Å²) < 4.78 is 25.1. The van der Waals surface area contributed by atoms with Gasteiger partial charge >= 0.3 is 6.09 Å². The second-order valence-corrected chi connectivity index (χ2v) is 2.62. The molecule has 1 saturated heterocycles. The molecule has 0 unspecified atom stereocenters. The summed E-state index contributed by atoms with van der Waals surface area (Å²) in [5.74, 6) is -3.06. The van der Waals surface area contributed by atoms with E-state index in [-0.39, 0.29) is 0 Å². The molecule has 1 aliphatic rings. The number of halogens is 2. The first-order valence-corrected chi connectivity index (χ1v) is 3.23. The van der Waals surface area contributed by atoms with E-state index in [4.69, 9.17) is 10.4 Å². The maximum absolute atomic E-state index is 12.5. The van der Waals surface area contributed by atoms with E-state index in [0.717, 1.165) is 0 Å². The first-order chi connectivity index (χ1) is 5.46. The summed E-state index contributed by atoms with van der Waals surface area (Å²) >= 11 is 0. The zero-order valence-corrected chi connectivity index (χ0v) is 6.00. The molecule has 1 atom stereocenters. The van der Waals surface area contributed by atoms with Crippen LogP contribution in [0.5, 0.6) is 0 Å². The van der Waals surface area contributed by atoms with Crippen LogP contribution in [0.3, 0.4) is 0 Å². The van der Waals surface area contributed by atoms with Crippen molar-refractivity contribution in [3.05, 3.63) is 0 Å². The van der Waals surface area contributed by atoms with E-state index in [1.165, 1.54) is 6.07 Å². The van der Waals surface area contributed by atoms with Crippen molar-refractivity contribution in [1.82, 2.24) is 4.90 Å². The molecule has 0 saturated carbocycles. The Labute approximate surface area is 67.0 Å². The maximum Gasteiger partial charge on any atom is 0.408 e. The quantitative estimate of drug-likeness (QED) is 0.596. The molecule has 0 aliphatic carbocycles. The van der Waals surface area contributed by atoms with E-state index in [1.54, 1.807) is 0 Å². The molecule has 66 valence electrons. The average Bonchev–Trinajstić information content (AvgIpc) is 2.25. The van der Waals surface area contributed by atoms with Gasteiger partial charge in [-0.25, -0.2) is 13.6 Å². The van der Waals surface area contributed by atoms with Crippen LogP contribution >= 0.6 is 0 Å². The molecule has 0 aromatic carbocycles. The van der Waals surface area contributed by atoms with Crippen LogP contribution in [0, 0.1) is 11.3 Å². The minimum atomic E-state index is -3.06. The Morgan fingerprint density at radius 1 is 1.75 bits per heavy atom. The third kappa shape index (κ3) is 1.44. The fourth-order valence-corrected chi connectivity index (χ4v) is 1.13. The molecule has 1 N–H and O–H groups in total. The van der Waals surface area contributed by atoms with Crippen LogP contribution < -0.4 is 0 Å². The van der Waals surface area contributed by atoms with Gasteiger partial charge in [-0.05, 0) is 0 Å². The maximum atomic E-state index is 12.5. The lowest BCUT2D eigenvalue weighted by atomic mass is 10.2. The molecule has 6 heteroatoms. The summed E-state index contributed by atoms with van der Waals surface area (Å²) in [4.78, 5) is 10.8. The van der Waals surface area contributed by atoms with Crippen LogP contribution in [0.4, 0.5) is 13.6 Å². The lowest BCUT2D eigenvalue weighted by molar-refractivity contribution is 0.0128. The predicted molar refractivity (Wildman–Crippen MR) is 33.7 cm³/mol. The Hall–Kier alpha value is -1.38. The molecule has 4 nitrogen and oxygen atoms in total. The van der Waals surface area contributed by atoms with Crippen molar-refractivity contribution in [2.75, 3.05) is 6.54 Å². The van der Waals surface area contributed by atoms with E-state index in [0.29, 0.717) is 4.90 Å². The molecule has 12 heavy (non-hydrogen) atoms. The van der Waals surface area contributed by atoms with E-state index >= 15 is 0 Å². The number of carbonyl (C=O) groups is 1. The van der Waals surface area contributed by atoms with Gasteiger partial charge in [-0.2, -0.15) is 5.26 Å². The highest BCUT2D eigenvalue weighted by Crippen LogP contribution is 2.31. The monoisotopic (exact) mass is 176 g/mol. The van der Waals surface area contributed by atoms with Gasteiger partial charge in [-0.15, -0.1) is 0 Å². The largest absolute Gasteiger partial charge is 0.465 e. The molecule has 0 radical (unpaired) electrons. The van der Waals surface area contributed by atoms with Crippen LogP contribution in [0.2, 0.25) is 0 Å². The molecule has 1 aliphatic heterocycles. The van der Waals surface area contributed by atoms with Gasteiger partial charge in [0.15, 0.2) is 0 Å². The summed E-state index contributed by atoms with van der Waals surface area (Å²) in [6, 6.07) is 0.305. The third-order valence-corrected chi connectivity index (χ3v) is 1.66. The topological polar surface area (TPSA) is 64.3 Å². The number of carboxylic acid groups (broad SMARTS) is 1. The number of amides is 1. The highest BCUT2D eigenvalue weighted by atomic mass is 19.3. The molecule has 0 spiro atoms. The number of hydrogen-bond donors (Lipinski definition) is 1. The Bertz CT molecular complexity index is 248. The molecule has 1 amide bonds. The molecule has 1 rings (SSSR count). The molecule has 1 heterocycles. The summed E-state index contributed by atoms with van der Waals surface area (Å²) in [7, 11) is 0. The minimum Gasteiger partial charge on any atom is -0.465 e. The van der Waals surface area contributed by atoms with Gasteiger partial charge < -0.3 is 5.11 Å². The van der Waals surface area contributed by atoms with Crippen LogP contribution in [0.25, 0.3) is 0 Å². The average molecular weight is 176 g/mol. The minimum absolute atomic E-state index is 0.458. The molecule has 0 aromatic rings. The summed E-state index contributed by atoms with van der Waals surface area (Å²) in [5.41, 5.74) is 0. The van der Waals surface area contributed by atoms with Gasteiger partial charge in [0.2, 0.25) is 0 Å². The van der Waals surface area contributed by atoms with Crippen molar-refractivity contribution in [2.24, 2.45) is 0 Å². The van der Waals surface area contributed by atoms with E-state index in [1.807, 2.05) is 0 Å². The first kappa shape index (κ1) is 8.71. The van der Waals surface area contributed by atoms with E-state index in [9.17, 15) is 13.6 Å². The number of alkyl halides is 2. The van der Waals surface area contributed by atoms with Gasteiger partial charge in [0, 0.05) is 6.42 Å². The fraction of sp³-hybridized carbons (Fsp3) is 0.667. The molecule has 0 bridgehead atoms. The number of hydrogen-bond acceptors (Lipinski definition) is 2. The van der Waals surface area contributed by atoms with Gasteiger partial charge in [0.1, 0.15) is 6.04 Å². The standard InChI is InChI=1S/C6H6F2N2O2/c7-6(8)1-4(2-9)10(3-6)5(11)12/h4H,1,3H2,(H,11,12)/t4-/m0/s1. The van der Waals surface area contributed by atoms with Crippen molar-refractivity contribution < 1.29 is 18.7 Å². The van der Waals surface area contributed by atoms with Gasteiger partial charge in [-0.1, -0.05) is 0 Å². The van der Waals surface area contributed by atoms with Crippen LogP contribution in [-0.2, 0) is 0 Å². The molecule has 1 fully saturated rings. The van der Waals surface area contributed by atoms with Crippen molar-refractivity contribution in [3.8, 4) is 6.07 Å². The molecular weight excluding hydrogens is 170 g/mol. The Balaban J connectivity index is 2.78. The van der Waals surface area contributed by atoms with Crippen molar-refractivity contribution in [1.29, 1.82) is 5.26 Å². The van der Waals surface area contributed by atoms with Gasteiger partial charge in [-0.3, -0.25) is 4.90 Å². The normalized spacial score (nSPS) is 26.8. The second kappa shape index (κ2) is 2.59. The molecule has 0 aromatic heterocycles. The number of nitrogens with zero attached hydrogens (tertiary/aromatic N) is 2. The van der Waals surface area contributed by atoms with Crippen molar-refractivity contribution in [2.45, 2.75) is 18.4 Å². The SMILES string of the molecule is N#C[C@@H]1CC(F)(F)CN1C(=O)O. The van der Waals surface area contributed by atoms with Crippen LogP contribution in [0.1, 0.15) is 6.42 Å². The van der Waals surface area contributed by atoms with E-state index in [2.05, 4.69) is 0 Å². The molecular formula is C6H6F2N2O2.